The van der Waals surface area contributed by atoms with Crippen LogP contribution in [0.5, 0.6) is 0 Å². The number of hydrogen-bond acceptors (Lipinski definition) is 1. The highest BCUT2D eigenvalue weighted by Crippen LogP contribution is 2.25. The topological polar surface area (TPSA) is 29.1 Å². The number of anilines is 1. The summed E-state index contributed by atoms with van der Waals surface area (Å²) in [7, 11) is 0. The van der Waals surface area contributed by atoms with Crippen LogP contribution in [0.3, 0.4) is 0 Å². The van der Waals surface area contributed by atoms with Crippen LogP contribution in [-0.2, 0) is 0 Å². The second-order valence-electron chi connectivity index (χ2n) is 4.33. The minimum atomic E-state index is -0.153. The van der Waals surface area contributed by atoms with Crippen molar-refractivity contribution in [3.8, 4) is 0 Å². The molecule has 0 bridgehead atoms. The SMILES string of the molecule is Cc1cccc(C(=O)Nc2ccc(Cl)c(Cl)c2)c1C. The van der Waals surface area contributed by atoms with Crippen LogP contribution in [0.1, 0.15) is 21.5 Å². The monoisotopic (exact) mass is 293 g/mol. The van der Waals surface area contributed by atoms with Gasteiger partial charge in [-0.1, -0.05) is 35.3 Å². The predicted molar refractivity (Wildman–Crippen MR) is 80.3 cm³/mol. The number of amides is 1. The third-order valence-corrected chi connectivity index (χ3v) is 3.77. The van der Waals surface area contributed by atoms with E-state index in [1.54, 1.807) is 24.3 Å². The Hall–Kier alpha value is -1.51. The molecule has 0 unspecified atom stereocenters. The average molecular weight is 294 g/mol. The summed E-state index contributed by atoms with van der Waals surface area (Å²) in [5.41, 5.74) is 3.34. The van der Waals surface area contributed by atoms with E-state index in [4.69, 9.17) is 23.2 Å². The standard InChI is InChI=1S/C15H13Cl2NO/c1-9-4-3-5-12(10(9)2)15(19)18-11-6-7-13(16)14(17)8-11/h3-8H,1-2H3,(H,18,19). The molecule has 0 saturated heterocycles. The maximum atomic E-state index is 12.2. The van der Waals surface area contributed by atoms with Crippen molar-refractivity contribution in [1.82, 2.24) is 0 Å². The first-order valence-electron chi connectivity index (χ1n) is 5.81. The Balaban J connectivity index is 2.26. The van der Waals surface area contributed by atoms with Gasteiger partial charge in [0.25, 0.3) is 5.91 Å². The number of carbonyl (C=O) groups is 1. The molecule has 2 nitrogen and oxygen atoms in total. The van der Waals surface area contributed by atoms with Crippen LogP contribution in [-0.4, -0.2) is 5.91 Å². The molecular formula is C15H13Cl2NO. The van der Waals surface area contributed by atoms with E-state index in [-0.39, 0.29) is 5.91 Å². The minimum Gasteiger partial charge on any atom is -0.322 e. The van der Waals surface area contributed by atoms with Crippen LogP contribution in [0.2, 0.25) is 10.0 Å². The lowest BCUT2D eigenvalue weighted by molar-refractivity contribution is 0.102. The highest BCUT2D eigenvalue weighted by atomic mass is 35.5. The largest absolute Gasteiger partial charge is 0.322 e. The molecule has 0 heterocycles. The zero-order chi connectivity index (χ0) is 14.0. The van der Waals surface area contributed by atoms with Crippen molar-refractivity contribution in [2.75, 3.05) is 5.32 Å². The molecule has 0 atom stereocenters. The molecule has 0 aromatic heterocycles. The van der Waals surface area contributed by atoms with Gasteiger partial charge in [0.05, 0.1) is 10.0 Å². The van der Waals surface area contributed by atoms with Gasteiger partial charge in [-0.15, -0.1) is 0 Å². The second kappa shape index (κ2) is 5.64. The van der Waals surface area contributed by atoms with E-state index in [0.29, 0.717) is 21.3 Å². The van der Waals surface area contributed by atoms with Gasteiger partial charge in [-0.05, 0) is 49.2 Å². The summed E-state index contributed by atoms with van der Waals surface area (Å²) in [6.45, 7) is 3.91. The Labute approximate surface area is 122 Å². The highest BCUT2D eigenvalue weighted by molar-refractivity contribution is 6.42. The number of halogens is 2. The number of aryl methyl sites for hydroxylation is 1. The number of nitrogens with one attached hydrogen (secondary N) is 1. The summed E-state index contributed by atoms with van der Waals surface area (Å²) in [6.07, 6.45) is 0. The second-order valence-corrected chi connectivity index (χ2v) is 5.14. The summed E-state index contributed by atoms with van der Waals surface area (Å²) in [6, 6.07) is 10.7. The molecule has 2 aromatic rings. The number of hydrogen-bond donors (Lipinski definition) is 1. The molecule has 0 aliphatic heterocycles. The van der Waals surface area contributed by atoms with Gasteiger partial charge >= 0.3 is 0 Å². The van der Waals surface area contributed by atoms with Crippen molar-refractivity contribution in [1.29, 1.82) is 0 Å². The van der Waals surface area contributed by atoms with Gasteiger partial charge in [-0.2, -0.15) is 0 Å². The van der Waals surface area contributed by atoms with Gasteiger partial charge in [-0.25, -0.2) is 0 Å². The van der Waals surface area contributed by atoms with Gasteiger partial charge in [0.1, 0.15) is 0 Å². The molecule has 0 radical (unpaired) electrons. The molecule has 4 heteroatoms. The van der Waals surface area contributed by atoms with Crippen molar-refractivity contribution in [2.24, 2.45) is 0 Å². The maximum absolute atomic E-state index is 12.2. The molecule has 0 saturated carbocycles. The molecule has 2 aromatic carbocycles. The summed E-state index contributed by atoms with van der Waals surface area (Å²) < 4.78 is 0. The highest BCUT2D eigenvalue weighted by Gasteiger charge is 2.10. The van der Waals surface area contributed by atoms with E-state index in [2.05, 4.69) is 5.32 Å². The average Bonchev–Trinajstić information content (AvgIpc) is 2.37. The summed E-state index contributed by atoms with van der Waals surface area (Å²) in [5, 5.41) is 3.69. The lowest BCUT2D eigenvalue weighted by Gasteiger charge is -2.10. The third kappa shape index (κ3) is 3.09. The van der Waals surface area contributed by atoms with Gasteiger partial charge in [0.15, 0.2) is 0 Å². The molecule has 19 heavy (non-hydrogen) atoms. The van der Waals surface area contributed by atoms with E-state index >= 15 is 0 Å². The molecule has 0 fully saturated rings. The van der Waals surface area contributed by atoms with Crippen LogP contribution in [0.25, 0.3) is 0 Å². The Kier molecular flexibility index (Phi) is 4.13. The molecule has 98 valence electrons. The first-order chi connectivity index (χ1) is 8.99. The fourth-order valence-electron chi connectivity index (χ4n) is 1.77. The van der Waals surface area contributed by atoms with E-state index in [1.165, 1.54) is 0 Å². The molecular weight excluding hydrogens is 281 g/mol. The van der Waals surface area contributed by atoms with Crippen LogP contribution in [0.15, 0.2) is 36.4 Å². The van der Waals surface area contributed by atoms with Crippen LogP contribution in [0, 0.1) is 13.8 Å². The van der Waals surface area contributed by atoms with E-state index < -0.39 is 0 Å². The lowest BCUT2D eigenvalue weighted by Crippen LogP contribution is -2.13. The maximum Gasteiger partial charge on any atom is 0.255 e. The Morgan fingerprint density at radius 1 is 1.05 bits per heavy atom. The first kappa shape index (κ1) is 13.9. The molecule has 0 spiro atoms. The van der Waals surface area contributed by atoms with E-state index in [1.807, 2.05) is 26.0 Å². The molecule has 2 rings (SSSR count). The molecule has 0 aliphatic carbocycles. The Morgan fingerprint density at radius 2 is 1.79 bits per heavy atom. The number of rotatable bonds is 2. The van der Waals surface area contributed by atoms with Gasteiger partial charge in [0, 0.05) is 11.3 Å². The van der Waals surface area contributed by atoms with Crippen LogP contribution in [0.4, 0.5) is 5.69 Å². The molecule has 0 aliphatic rings. The molecule has 1 amide bonds. The van der Waals surface area contributed by atoms with Crippen molar-refractivity contribution in [2.45, 2.75) is 13.8 Å². The summed E-state index contributed by atoms with van der Waals surface area (Å²) >= 11 is 11.8. The molecule has 1 N–H and O–H groups in total. The fourth-order valence-corrected chi connectivity index (χ4v) is 2.07. The normalized spacial score (nSPS) is 10.3. The lowest BCUT2D eigenvalue weighted by atomic mass is 10.0. The zero-order valence-electron chi connectivity index (χ0n) is 10.6. The van der Waals surface area contributed by atoms with E-state index in [9.17, 15) is 4.79 Å². The Bertz CT molecular complexity index is 638. The smallest absolute Gasteiger partial charge is 0.255 e. The Morgan fingerprint density at radius 3 is 2.47 bits per heavy atom. The van der Waals surface area contributed by atoms with Gasteiger partial charge in [-0.3, -0.25) is 4.79 Å². The fraction of sp³-hybridized carbons (Fsp3) is 0.133. The zero-order valence-corrected chi connectivity index (χ0v) is 12.1. The summed E-state index contributed by atoms with van der Waals surface area (Å²) in [5.74, 6) is -0.153. The predicted octanol–water partition coefficient (Wildman–Crippen LogP) is 4.86. The third-order valence-electron chi connectivity index (χ3n) is 3.03. The summed E-state index contributed by atoms with van der Waals surface area (Å²) in [4.78, 5) is 12.2. The number of benzene rings is 2. The van der Waals surface area contributed by atoms with Crippen molar-refractivity contribution < 1.29 is 4.79 Å². The van der Waals surface area contributed by atoms with Crippen molar-refractivity contribution >= 4 is 34.8 Å². The van der Waals surface area contributed by atoms with Gasteiger partial charge < -0.3 is 5.32 Å². The van der Waals surface area contributed by atoms with Crippen molar-refractivity contribution in [3.63, 3.8) is 0 Å². The van der Waals surface area contributed by atoms with Crippen LogP contribution < -0.4 is 5.32 Å². The van der Waals surface area contributed by atoms with Crippen molar-refractivity contribution in [3.05, 3.63) is 63.1 Å². The quantitative estimate of drug-likeness (QED) is 0.841. The van der Waals surface area contributed by atoms with E-state index in [0.717, 1.165) is 11.1 Å². The minimum absolute atomic E-state index is 0.153. The van der Waals surface area contributed by atoms with Crippen LogP contribution >= 0.6 is 23.2 Å². The van der Waals surface area contributed by atoms with Gasteiger partial charge in [0.2, 0.25) is 0 Å². The number of carbonyl (C=O) groups excluding carboxylic acids is 1. The first-order valence-corrected chi connectivity index (χ1v) is 6.57.